The van der Waals surface area contributed by atoms with Crippen molar-refractivity contribution in [2.24, 2.45) is 0 Å². The van der Waals surface area contributed by atoms with E-state index in [9.17, 15) is 0 Å². The number of benzene rings is 1. The Labute approximate surface area is 111 Å². The van der Waals surface area contributed by atoms with E-state index in [1.165, 1.54) is 0 Å². The van der Waals surface area contributed by atoms with Gasteiger partial charge in [-0.05, 0) is 37.9 Å². The number of rotatable bonds is 4. The van der Waals surface area contributed by atoms with Crippen molar-refractivity contribution < 1.29 is 0 Å². The first-order valence-electron chi connectivity index (χ1n) is 5.69. The van der Waals surface area contributed by atoms with E-state index in [1.807, 2.05) is 18.2 Å². The van der Waals surface area contributed by atoms with Crippen LogP contribution in [0.5, 0.6) is 0 Å². The maximum absolute atomic E-state index is 6.22. The molecule has 5 heteroatoms. The van der Waals surface area contributed by atoms with Gasteiger partial charge in [-0.15, -0.1) is 0 Å². The molecule has 0 atom stereocenters. The third-order valence-electron chi connectivity index (χ3n) is 2.99. The molecule has 0 aliphatic rings. The highest BCUT2D eigenvalue weighted by Crippen LogP contribution is 2.23. The molecule has 0 aliphatic carbocycles. The molecule has 0 aliphatic heterocycles. The molecule has 2 aromatic rings. The Bertz CT molecular complexity index is 573. The van der Waals surface area contributed by atoms with E-state index in [-0.39, 0.29) is 0 Å². The first-order valence-corrected chi connectivity index (χ1v) is 6.47. The third-order valence-corrected chi connectivity index (χ3v) is 3.62. The van der Waals surface area contributed by atoms with Gasteiger partial charge in [-0.1, -0.05) is 24.6 Å². The van der Waals surface area contributed by atoms with Crippen molar-refractivity contribution in [2.45, 2.75) is 13.5 Å². The Hall–Kier alpha value is -0.840. The standard InChI is InChI=1S/C12H16ClN3S/c1-3-15(2)7-8-16-11-9(13)5-4-6-10(11)14-12(16)17/h4-6H,3,7-8H2,1-2H3,(H,14,17). The minimum atomic E-state index is 0.734. The Morgan fingerprint density at radius 3 is 2.94 bits per heavy atom. The predicted molar refractivity (Wildman–Crippen MR) is 75.3 cm³/mol. The summed E-state index contributed by atoms with van der Waals surface area (Å²) in [6.45, 7) is 4.99. The molecule has 92 valence electrons. The maximum Gasteiger partial charge on any atom is 0.178 e. The molecule has 17 heavy (non-hydrogen) atoms. The smallest absolute Gasteiger partial charge is 0.178 e. The van der Waals surface area contributed by atoms with Gasteiger partial charge in [-0.2, -0.15) is 0 Å². The number of fused-ring (bicyclic) bond motifs is 1. The summed E-state index contributed by atoms with van der Waals surface area (Å²) >= 11 is 11.6. The van der Waals surface area contributed by atoms with E-state index in [4.69, 9.17) is 23.8 Å². The number of para-hydroxylation sites is 1. The van der Waals surface area contributed by atoms with Crippen molar-refractivity contribution in [1.29, 1.82) is 0 Å². The predicted octanol–water partition coefficient (Wildman–Crippen LogP) is 3.30. The summed E-state index contributed by atoms with van der Waals surface area (Å²) in [5.74, 6) is 0. The van der Waals surface area contributed by atoms with Crippen LogP contribution in [-0.4, -0.2) is 34.6 Å². The summed E-state index contributed by atoms with van der Waals surface area (Å²) in [7, 11) is 2.10. The molecule has 0 saturated carbocycles. The molecule has 0 radical (unpaired) electrons. The number of aromatic nitrogens is 2. The lowest BCUT2D eigenvalue weighted by molar-refractivity contribution is 0.336. The highest BCUT2D eigenvalue weighted by atomic mass is 35.5. The molecule has 0 amide bonds. The van der Waals surface area contributed by atoms with Crippen LogP contribution in [0, 0.1) is 4.77 Å². The molecule has 2 rings (SSSR count). The number of nitrogens with one attached hydrogen (secondary N) is 1. The fourth-order valence-corrected chi connectivity index (χ4v) is 2.39. The number of H-pyrrole nitrogens is 1. The average Bonchev–Trinajstić information content (AvgIpc) is 2.63. The summed E-state index contributed by atoms with van der Waals surface area (Å²) < 4.78 is 2.80. The maximum atomic E-state index is 6.22. The lowest BCUT2D eigenvalue weighted by Crippen LogP contribution is -2.22. The van der Waals surface area contributed by atoms with E-state index >= 15 is 0 Å². The first kappa shape index (κ1) is 12.6. The van der Waals surface area contributed by atoms with Gasteiger partial charge in [-0.3, -0.25) is 0 Å². The van der Waals surface area contributed by atoms with Crippen molar-refractivity contribution in [3.8, 4) is 0 Å². The van der Waals surface area contributed by atoms with Crippen LogP contribution >= 0.6 is 23.8 Å². The van der Waals surface area contributed by atoms with Gasteiger partial charge >= 0.3 is 0 Å². The van der Waals surface area contributed by atoms with Crippen molar-refractivity contribution in [2.75, 3.05) is 20.1 Å². The van der Waals surface area contributed by atoms with Crippen LogP contribution in [0.15, 0.2) is 18.2 Å². The van der Waals surface area contributed by atoms with Gasteiger partial charge in [0.05, 0.1) is 16.1 Å². The van der Waals surface area contributed by atoms with Gasteiger partial charge in [0.1, 0.15) is 0 Å². The largest absolute Gasteiger partial charge is 0.331 e. The van der Waals surface area contributed by atoms with E-state index in [2.05, 4.69) is 28.4 Å². The molecular weight excluding hydrogens is 254 g/mol. The number of hydrogen-bond acceptors (Lipinski definition) is 2. The van der Waals surface area contributed by atoms with Gasteiger partial charge in [0.25, 0.3) is 0 Å². The average molecular weight is 270 g/mol. The van der Waals surface area contributed by atoms with Crippen LogP contribution in [-0.2, 0) is 6.54 Å². The molecule has 0 spiro atoms. The van der Waals surface area contributed by atoms with E-state index in [0.717, 1.165) is 40.5 Å². The van der Waals surface area contributed by atoms with Crippen LogP contribution in [0.25, 0.3) is 11.0 Å². The molecule has 3 nitrogen and oxygen atoms in total. The van der Waals surface area contributed by atoms with Crippen molar-refractivity contribution in [3.63, 3.8) is 0 Å². The summed E-state index contributed by atoms with van der Waals surface area (Å²) in [5, 5.41) is 0.744. The van der Waals surface area contributed by atoms with Crippen LogP contribution < -0.4 is 0 Å². The zero-order chi connectivity index (χ0) is 12.4. The molecular formula is C12H16ClN3S. The molecule has 1 aromatic carbocycles. The number of aromatic amines is 1. The van der Waals surface area contributed by atoms with Gasteiger partial charge in [-0.25, -0.2) is 0 Å². The molecule has 0 unspecified atom stereocenters. The second-order valence-corrected chi connectivity index (χ2v) is 4.91. The van der Waals surface area contributed by atoms with Gasteiger partial charge in [0.15, 0.2) is 4.77 Å². The quantitative estimate of drug-likeness (QED) is 0.861. The van der Waals surface area contributed by atoms with E-state index < -0.39 is 0 Å². The van der Waals surface area contributed by atoms with Crippen molar-refractivity contribution in [3.05, 3.63) is 28.0 Å². The minimum Gasteiger partial charge on any atom is -0.331 e. The number of hydrogen-bond donors (Lipinski definition) is 1. The Morgan fingerprint density at radius 1 is 1.47 bits per heavy atom. The van der Waals surface area contributed by atoms with Gasteiger partial charge in [0, 0.05) is 13.1 Å². The summed E-state index contributed by atoms with van der Waals surface area (Å²) in [6, 6.07) is 5.82. The lowest BCUT2D eigenvalue weighted by Gasteiger charge is -2.14. The number of imidazole rings is 1. The highest BCUT2D eigenvalue weighted by Gasteiger charge is 2.08. The molecule has 0 fully saturated rings. The second kappa shape index (κ2) is 5.21. The number of nitrogens with zero attached hydrogens (tertiary/aromatic N) is 2. The monoisotopic (exact) mass is 269 g/mol. The zero-order valence-corrected chi connectivity index (χ0v) is 11.6. The normalized spacial score (nSPS) is 11.5. The Balaban J connectivity index is 2.39. The van der Waals surface area contributed by atoms with Crippen LogP contribution in [0.2, 0.25) is 5.02 Å². The molecule has 1 aromatic heterocycles. The second-order valence-electron chi connectivity index (χ2n) is 4.11. The van der Waals surface area contributed by atoms with Crippen molar-refractivity contribution >= 4 is 34.9 Å². The SMILES string of the molecule is CCN(C)CCn1c(=S)[nH]c2cccc(Cl)c21. The third kappa shape index (κ3) is 2.54. The summed E-state index contributed by atoms with van der Waals surface area (Å²) in [4.78, 5) is 5.43. The Morgan fingerprint density at radius 2 is 2.24 bits per heavy atom. The van der Waals surface area contributed by atoms with E-state index in [0.29, 0.717) is 0 Å². The fraction of sp³-hybridized carbons (Fsp3) is 0.417. The first-order chi connectivity index (χ1) is 8.13. The lowest BCUT2D eigenvalue weighted by atomic mass is 10.3. The van der Waals surface area contributed by atoms with Gasteiger partial charge in [0.2, 0.25) is 0 Å². The minimum absolute atomic E-state index is 0.734. The van der Waals surface area contributed by atoms with Crippen molar-refractivity contribution in [1.82, 2.24) is 14.5 Å². The zero-order valence-electron chi connectivity index (χ0n) is 10.0. The molecule has 0 saturated heterocycles. The van der Waals surface area contributed by atoms with Crippen LogP contribution in [0.1, 0.15) is 6.92 Å². The highest BCUT2D eigenvalue weighted by molar-refractivity contribution is 7.71. The van der Waals surface area contributed by atoms with Crippen LogP contribution in [0.4, 0.5) is 0 Å². The molecule has 1 heterocycles. The van der Waals surface area contributed by atoms with E-state index in [1.54, 1.807) is 0 Å². The molecule has 1 N–H and O–H groups in total. The van der Waals surface area contributed by atoms with Crippen LogP contribution in [0.3, 0.4) is 0 Å². The topological polar surface area (TPSA) is 24.0 Å². The summed E-state index contributed by atoms with van der Waals surface area (Å²) in [5.41, 5.74) is 2.00. The fourth-order valence-electron chi connectivity index (χ4n) is 1.82. The Kier molecular flexibility index (Phi) is 3.86. The van der Waals surface area contributed by atoms with Gasteiger partial charge < -0.3 is 14.5 Å². The molecule has 0 bridgehead atoms. The summed E-state index contributed by atoms with van der Waals surface area (Å²) in [6.07, 6.45) is 0. The number of halogens is 1. The number of likely N-dealkylation sites (N-methyl/N-ethyl adjacent to an activating group) is 1.